The summed E-state index contributed by atoms with van der Waals surface area (Å²) in [6, 6.07) is 20.9. The van der Waals surface area contributed by atoms with Crippen molar-refractivity contribution < 1.29 is 17.0 Å². The van der Waals surface area contributed by atoms with E-state index < -0.39 is 0 Å². The first kappa shape index (κ1) is 19.2. The van der Waals surface area contributed by atoms with E-state index in [0.717, 1.165) is 28.5 Å². The fraction of sp³-hybridized carbons (Fsp3) is 0.174. The Morgan fingerprint density at radius 3 is 2.17 bits per heavy atom. The summed E-state index contributed by atoms with van der Waals surface area (Å²) in [6.07, 6.45) is 8.38. The number of guanidine groups is 1. The fourth-order valence-corrected chi connectivity index (χ4v) is 4.09. The third kappa shape index (κ3) is 3.08. The minimum atomic E-state index is -0.0960. The van der Waals surface area contributed by atoms with Crippen LogP contribution in [-0.4, -0.2) is 46.6 Å². The lowest BCUT2D eigenvalue weighted by Gasteiger charge is -2.26. The monoisotopic (exact) mass is 403 g/mol. The molecule has 0 aliphatic carbocycles. The molecule has 0 N–H and O–H groups in total. The van der Waals surface area contributed by atoms with Gasteiger partial charge in [-0.05, 0) is 12.2 Å². The number of halogens is 1. The Hall–Kier alpha value is -3.18. The molecule has 146 valence electrons. The van der Waals surface area contributed by atoms with E-state index in [1.165, 1.54) is 0 Å². The van der Waals surface area contributed by atoms with E-state index >= 15 is 0 Å². The molecule has 0 spiro atoms. The second-order valence-electron chi connectivity index (χ2n) is 7.25. The summed E-state index contributed by atoms with van der Waals surface area (Å²) in [6.45, 7) is 0. The molecule has 6 heteroatoms. The smallest absolute Gasteiger partial charge is 0.362 e. The minimum Gasteiger partial charge on any atom is -1.00 e. The SMILES string of the molecule is C[N+](C)=C1N2C=CC=CC2C2N=NC(c3ccccc3)=C(c3ccccc3)N12.[Cl-]. The standard InChI is InChI=1S/C23H22N5.ClH/c1-26(2)23-27-16-10-9-15-19(27)22-25-24-20(17-11-5-3-6-12-17)21(28(22)23)18-13-7-4-8-14-18;/h3-16,19,22H,1-2H3;1H/q+1;/p-1. The predicted octanol–water partition coefficient (Wildman–Crippen LogP) is 1.01. The van der Waals surface area contributed by atoms with Crippen LogP contribution in [-0.2, 0) is 0 Å². The molecular weight excluding hydrogens is 382 g/mol. The van der Waals surface area contributed by atoms with Crippen LogP contribution in [0.4, 0.5) is 0 Å². The molecule has 3 aliphatic rings. The quantitative estimate of drug-likeness (QED) is 0.701. The molecule has 0 amide bonds. The molecule has 2 atom stereocenters. The molecule has 3 heterocycles. The van der Waals surface area contributed by atoms with Gasteiger partial charge >= 0.3 is 5.96 Å². The van der Waals surface area contributed by atoms with Gasteiger partial charge in [0.25, 0.3) is 0 Å². The van der Waals surface area contributed by atoms with Gasteiger partial charge in [0.2, 0.25) is 6.17 Å². The van der Waals surface area contributed by atoms with Gasteiger partial charge in [-0.15, -0.1) is 10.2 Å². The van der Waals surface area contributed by atoms with E-state index in [1.54, 1.807) is 0 Å². The largest absolute Gasteiger partial charge is 1.00 e. The normalized spacial score (nSPS) is 21.8. The Balaban J connectivity index is 0.00000205. The van der Waals surface area contributed by atoms with Gasteiger partial charge in [-0.25, -0.2) is 9.80 Å². The summed E-state index contributed by atoms with van der Waals surface area (Å²) in [7, 11) is 4.16. The first-order valence-electron chi connectivity index (χ1n) is 9.48. The Morgan fingerprint density at radius 1 is 0.862 bits per heavy atom. The van der Waals surface area contributed by atoms with Crippen molar-refractivity contribution in [2.45, 2.75) is 12.2 Å². The summed E-state index contributed by atoms with van der Waals surface area (Å²) in [4.78, 5) is 4.61. The average Bonchev–Trinajstić information content (AvgIpc) is 3.09. The summed E-state index contributed by atoms with van der Waals surface area (Å²) < 4.78 is 2.16. The number of fused-ring (bicyclic) bond motifs is 3. The van der Waals surface area contributed by atoms with Crippen LogP contribution in [0.15, 0.2) is 95.3 Å². The lowest BCUT2D eigenvalue weighted by molar-refractivity contribution is -0.473. The third-order valence-electron chi connectivity index (χ3n) is 5.24. The van der Waals surface area contributed by atoms with Crippen LogP contribution in [0.25, 0.3) is 11.4 Å². The lowest BCUT2D eigenvalue weighted by Crippen LogP contribution is -3.00. The fourth-order valence-electron chi connectivity index (χ4n) is 4.09. The molecule has 0 saturated carbocycles. The zero-order valence-corrected chi connectivity index (χ0v) is 17.1. The number of nitrogens with zero attached hydrogens (tertiary/aromatic N) is 5. The predicted molar refractivity (Wildman–Crippen MR) is 111 cm³/mol. The molecule has 2 unspecified atom stereocenters. The molecular formula is C23H22ClN5. The van der Waals surface area contributed by atoms with E-state index in [2.05, 4.69) is 89.3 Å². The van der Waals surface area contributed by atoms with Gasteiger partial charge in [0, 0.05) is 11.1 Å². The second kappa shape index (κ2) is 7.68. The summed E-state index contributed by atoms with van der Waals surface area (Å²) >= 11 is 0. The maximum absolute atomic E-state index is 4.76. The highest BCUT2D eigenvalue weighted by molar-refractivity contribution is 5.99. The topological polar surface area (TPSA) is 34.2 Å². The van der Waals surface area contributed by atoms with Gasteiger partial charge in [-0.1, -0.05) is 66.7 Å². The number of rotatable bonds is 2. The Kier molecular flexibility index (Phi) is 5.07. The summed E-state index contributed by atoms with van der Waals surface area (Å²) in [5, 5.41) is 9.49. The first-order valence-corrected chi connectivity index (χ1v) is 9.48. The molecule has 0 aromatic heterocycles. The van der Waals surface area contributed by atoms with Crippen LogP contribution in [0.3, 0.4) is 0 Å². The minimum absolute atomic E-state index is 0. The zero-order valence-electron chi connectivity index (χ0n) is 16.4. The molecule has 3 aliphatic heterocycles. The number of azo groups is 1. The van der Waals surface area contributed by atoms with Crippen molar-refractivity contribution >= 4 is 17.4 Å². The van der Waals surface area contributed by atoms with Gasteiger partial charge in [0.05, 0.1) is 20.3 Å². The van der Waals surface area contributed by atoms with E-state index in [-0.39, 0.29) is 24.6 Å². The molecule has 0 bridgehead atoms. The van der Waals surface area contributed by atoms with Crippen LogP contribution >= 0.6 is 0 Å². The highest BCUT2D eigenvalue weighted by Gasteiger charge is 2.54. The highest BCUT2D eigenvalue weighted by Crippen LogP contribution is 2.42. The Morgan fingerprint density at radius 2 is 1.52 bits per heavy atom. The maximum Gasteiger partial charge on any atom is 0.362 e. The third-order valence-corrected chi connectivity index (χ3v) is 5.24. The molecule has 2 aromatic carbocycles. The molecule has 1 fully saturated rings. The van der Waals surface area contributed by atoms with Crippen molar-refractivity contribution in [3.05, 3.63) is 96.2 Å². The van der Waals surface area contributed by atoms with Crippen LogP contribution in [0.2, 0.25) is 0 Å². The first-order chi connectivity index (χ1) is 13.8. The average molecular weight is 404 g/mol. The summed E-state index contributed by atoms with van der Waals surface area (Å²) in [5.74, 6) is 1.10. The molecule has 2 aromatic rings. The molecule has 0 radical (unpaired) electrons. The molecule has 1 saturated heterocycles. The highest BCUT2D eigenvalue weighted by atomic mass is 35.5. The Bertz CT molecular complexity index is 1050. The number of hydrogen-bond acceptors (Lipinski definition) is 2. The van der Waals surface area contributed by atoms with Gasteiger partial charge in [0.1, 0.15) is 11.4 Å². The van der Waals surface area contributed by atoms with Gasteiger partial charge in [-0.2, -0.15) is 0 Å². The zero-order chi connectivity index (χ0) is 19.1. The van der Waals surface area contributed by atoms with Crippen molar-refractivity contribution in [3.8, 4) is 0 Å². The van der Waals surface area contributed by atoms with Crippen molar-refractivity contribution in [2.24, 2.45) is 10.2 Å². The van der Waals surface area contributed by atoms with Gasteiger partial charge in [-0.3, -0.25) is 4.58 Å². The lowest BCUT2D eigenvalue weighted by atomic mass is 10.0. The van der Waals surface area contributed by atoms with Crippen LogP contribution in [0.5, 0.6) is 0 Å². The van der Waals surface area contributed by atoms with Crippen LogP contribution in [0, 0.1) is 0 Å². The van der Waals surface area contributed by atoms with Gasteiger partial charge < -0.3 is 12.4 Å². The van der Waals surface area contributed by atoms with E-state index in [4.69, 9.17) is 10.2 Å². The molecule has 29 heavy (non-hydrogen) atoms. The maximum atomic E-state index is 4.76. The number of hydrogen-bond donors (Lipinski definition) is 0. The second-order valence-corrected chi connectivity index (χ2v) is 7.25. The van der Waals surface area contributed by atoms with Gasteiger partial charge in [0.15, 0.2) is 6.04 Å². The van der Waals surface area contributed by atoms with Crippen molar-refractivity contribution in [3.63, 3.8) is 0 Å². The van der Waals surface area contributed by atoms with Crippen molar-refractivity contribution in [2.75, 3.05) is 14.1 Å². The van der Waals surface area contributed by atoms with Crippen molar-refractivity contribution in [1.82, 2.24) is 9.80 Å². The summed E-state index contributed by atoms with van der Waals surface area (Å²) in [5.41, 5.74) is 4.19. The van der Waals surface area contributed by atoms with Crippen LogP contribution in [0.1, 0.15) is 11.1 Å². The van der Waals surface area contributed by atoms with E-state index in [9.17, 15) is 0 Å². The number of allylic oxidation sites excluding steroid dienone is 2. The van der Waals surface area contributed by atoms with E-state index in [1.807, 2.05) is 24.3 Å². The molecule has 5 nitrogen and oxygen atoms in total. The van der Waals surface area contributed by atoms with E-state index in [0.29, 0.717) is 0 Å². The van der Waals surface area contributed by atoms with Crippen molar-refractivity contribution in [1.29, 1.82) is 0 Å². The molecule has 5 rings (SSSR count). The number of benzene rings is 2. The van der Waals surface area contributed by atoms with Crippen LogP contribution < -0.4 is 12.4 Å². The Labute approximate surface area is 177 Å².